The van der Waals surface area contributed by atoms with Crippen LogP contribution in [-0.4, -0.2) is 53.6 Å². The highest BCUT2D eigenvalue weighted by atomic mass is 35.5. The van der Waals surface area contributed by atoms with Crippen LogP contribution >= 0.6 is 12.4 Å². The van der Waals surface area contributed by atoms with Crippen molar-refractivity contribution in [1.29, 1.82) is 0 Å². The lowest BCUT2D eigenvalue weighted by molar-refractivity contribution is -0.137. The number of rotatable bonds is 5. The second kappa shape index (κ2) is 9.79. The van der Waals surface area contributed by atoms with Gasteiger partial charge in [0.2, 0.25) is 0 Å². The zero-order valence-corrected chi connectivity index (χ0v) is 18.0. The lowest BCUT2D eigenvalue weighted by Crippen LogP contribution is -2.43. The number of aliphatic carboxylic acids is 1. The zero-order chi connectivity index (χ0) is 20.4. The Hall–Kier alpha value is -2.12. The predicted molar refractivity (Wildman–Crippen MR) is 116 cm³/mol. The van der Waals surface area contributed by atoms with Gasteiger partial charge in [-0.05, 0) is 87.2 Å². The molecule has 3 aliphatic rings. The summed E-state index contributed by atoms with van der Waals surface area (Å²) < 4.78 is 0. The van der Waals surface area contributed by atoms with Crippen molar-refractivity contribution in [2.45, 2.75) is 57.4 Å². The number of anilines is 1. The third-order valence-corrected chi connectivity index (χ3v) is 6.59. The Morgan fingerprint density at radius 3 is 2.47 bits per heavy atom. The number of benzene rings is 1. The van der Waals surface area contributed by atoms with Crippen molar-refractivity contribution in [3.8, 4) is 0 Å². The number of fused-ring (bicyclic) bond motifs is 1. The molecular formula is C22H30ClN3O4. The van der Waals surface area contributed by atoms with Gasteiger partial charge in [0.25, 0.3) is 5.91 Å². The molecule has 1 aliphatic carbocycles. The number of nitrogens with one attached hydrogen (secondary N) is 1. The summed E-state index contributed by atoms with van der Waals surface area (Å²) in [4.78, 5) is 39.6. The molecule has 8 heteroatoms. The van der Waals surface area contributed by atoms with Crippen LogP contribution in [0.2, 0.25) is 0 Å². The SMILES string of the molecule is Cl.O=C(O)CCC1CCC(N2C(=O)CN(c3ccc4c(c3)CCNCC4)C2=O)CC1. The van der Waals surface area contributed by atoms with Crippen molar-refractivity contribution in [2.24, 2.45) is 5.92 Å². The van der Waals surface area contributed by atoms with Gasteiger partial charge in [-0.25, -0.2) is 4.79 Å². The molecule has 2 N–H and O–H groups in total. The fraction of sp³-hybridized carbons (Fsp3) is 0.591. The van der Waals surface area contributed by atoms with Crippen LogP contribution in [0, 0.1) is 5.92 Å². The van der Waals surface area contributed by atoms with Crippen molar-refractivity contribution < 1.29 is 19.5 Å². The van der Waals surface area contributed by atoms with Gasteiger partial charge in [-0.3, -0.25) is 19.4 Å². The summed E-state index contributed by atoms with van der Waals surface area (Å²) in [6, 6.07) is 5.84. The topological polar surface area (TPSA) is 89.9 Å². The van der Waals surface area contributed by atoms with E-state index in [-0.39, 0.29) is 43.4 Å². The van der Waals surface area contributed by atoms with E-state index in [2.05, 4.69) is 17.4 Å². The van der Waals surface area contributed by atoms with Gasteiger partial charge in [0.15, 0.2) is 0 Å². The van der Waals surface area contributed by atoms with E-state index in [1.807, 2.05) is 6.07 Å². The van der Waals surface area contributed by atoms with Gasteiger partial charge in [0.1, 0.15) is 6.54 Å². The molecule has 2 aliphatic heterocycles. The summed E-state index contributed by atoms with van der Waals surface area (Å²) in [6.07, 6.45) is 6.08. The van der Waals surface area contributed by atoms with E-state index in [0.717, 1.165) is 57.3 Å². The molecule has 0 radical (unpaired) electrons. The van der Waals surface area contributed by atoms with Crippen LogP contribution < -0.4 is 10.2 Å². The molecule has 0 atom stereocenters. The molecule has 2 fully saturated rings. The maximum Gasteiger partial charge on any atom is 0.331 e. The lowest BCUT2D eigenvalue weighted by atomic mass is 9.83. The van der Waals surface area contributed by atoms with Gasteiger partial charge >= 0.3 is 12.0 Å². The molecule has 1 saturated heterocycles. The van der Waals surface area contributed by atoms with Gasteiger partial charge in [-0.1, -0.05) is 6.07 Å². The van der Waals surface area contributed by atoms with E-state index in [1.165, 1.54) is 16.0 Å². The molecule has 4 rings (SSSR count). The summed E-state index contributed by atoms with van der Waals surface area (Å²) in [6.45, 7) is 2.01. The molecule has 0 unspecified atom stereocenters. The smallest absolute Gasteiger partial charge is 0.331 e. The van der Waals surface area contributed by atoms with Gasteiger partial charge in [-0.15, -0.1) is 12.4 Å². The minimum atomic E-state index is -0.760. The Labute approximate surface area is 183 Å². The molecule has 0 bridgehead atoms. The molecule has 1 aromatic rings. The van der Waals surface area contributed by atoms with Crippen molar-refractivity contribution in [2.75, 3.05) is 24.5 Å². The van der Waals surface area contributed by atoms with Crippen LogP contribution in [0.1, 0.15) is 49.7 Å². The number of nitrogens with zero attached hydrogens (tertiary/aromatic N) is 2. The number of urea groups is 1. The number of carbonyl (C=O) groups excluding carboxylic acids is 2. The second-order valence-corrected chi connectivity index (χ2v) is 8.44. The van der Waals surface area contributed by atoms with Crippen molar-refractivity contribution in [3.63, 3.8) is 0 Å². The number of carbonyl (C=O) groups is 3. The summed E-state index contributed by atoms with van der Waals surface area (Å²) in [5, 5.41) is 12.3. The maximum absolute atomic E-state index is 13.1. The Morgan fingerprint density at radius 2 is 1.77 bits per heavy atom. The summed E-state index contributed by atoms with van der Waals surface area (Å²) in [5.74, 6) is -0.505. The number of amides is 3. The highest BCUT2D eigenvalue weighted by Crippen LogP contribution is 2.34. The molecule has 0 aromatic heterocycles. The van der Waals surface area contributed by atoms with Crippen LogP contribution in [0.15, 0.2) is 18.2 Å². The third-order valence-electron chi connectivity index (χ3n) is 6.59. The van der Waals surface area contributed by atoms with Gasteiger partial charge in [0, 0.05) is 18.2 Å². The monoisotopic (exact) mass is 435 g/mol. The van der Waals surface area contributed by atoms with Crippen LogP contribution in [-0.2, 0) is 22.4 Å². The summed E-state index contributed by atoms with van der Waals surface area (Å²) in [5.41, 5.74) is 3.38. The number of imide groups is 1. The normalized spacial score (nSPS) is 24.3. The molecule has 1 aromatic carbocycles. The molecule has 2 heterocycles. The molecule has 164 valence electrons. The quantitative estimate of drug-likeness (QED) is 0.694. The van der Waals surface area contributed by atoms with E-state index in [9.17, 15) is 14.4 Å². The number of halogens is 1. The van der Waals surface area contributed by atoms with Gasteiger partial charge < -0.3 is 10.4 Å². The Morgan fingerprint density at radius 1 is 1.07 bits per heavy atom. The number of hydrogen-bond acceptors (Lipinski definition) is 4. The van der Waals surface area contributed by atoms with E-state index >= 15 is 0 Å². The molecule has 30 heavy (non-hydrogen) atoms. The minimum Gasteiger partial charge on any atom is -0.481 e. The molecule has 0 spiro atoms. The highest BCUT2D eigenvalue weighted by Gasteiger charge is 2.42. The molecule has 1 saturated carbocycles. The number of carboxylic acid groups (broad SMARTS) is 1. The van der Waals surface area contributed by atoms with Crippen molar-refractivity contribution >= 4 is 36.0 Å². The standard InChI is InChI=1S/C22H29N3O4.ClH/c26-20-14-24(19-7-4-16-9-11-23-12-10-17(16)13-19)22(29)25(20)18-5-1-15(2-6-18)3-8-21(27)28;/h4,7,13,15,18,23H,1-3,5-6,8-12,14H2,(H,27,28);1H. The summed E-state index contributed by atoms with van der Waals surface area (Å²) in [7, 11) is 0. The van der Waals surface area contributed by atoms with Gasteiger partial charge in [0.05, 0.1) is 0 Å². The Kier molecular flexibility index (Phi) is 7.36. The Balaban J connectivity index is 0.00000256. The van der Waals surface area contributed by atoms with Gasteiger partial charge in [-0.2, -0.15) is 0 Å². The van der Waals surface area contributed by atoms with E-state index < -0.39 is 5.97 Å². The van der Waals surface area contributed by atoms with Crippen LogP contribution in [0.25, 0.3) is 0 Å². The average Bonchev–Trinajstić information content (AvgIpc) is 2.88. The average molecular weight is 436 g/mol. The molecule has 7 nitrogen and oxygen atoms in total. The lowest BCUT2D eigenvalue weighted by Gasteiger charge is -2.33. The highest BCUT2D eigenvalue weighted by molar-refractivity contribution is 6.12. The van der Waals surface area contributed by atoms with E-state index in [4.69, 9.17) is 5.11 Å². The van der Waals surface area contributed by atoms with Crippen molar-refractivity contribution in [1.82, 2.24) is 10.2 Å². The Bertz CT molecular complexity index is 808. The first kappa shape index (κ1) is 22.6. The van der Waals surface area contributed by atoms with E-state index in [0.29, 0.717) is 12.3 Å². The third kappa shape index (κ3) is 4.78. The second-order valence-electron chi connectivity index (χ2n) is 8.44. The maximum atomic E-state index is 13.1. The van der Waals surface area contributed by atoms with Crippen molar-refractivity contribution in [3.05, 3.63) is 29.3 Å². The largest absolute Gasteiger partial charge is 0.481 e. The molecular weight excluding hydrogens is 406 g/mol. The predicted octanol–water partition coefficient (Wildman–Crippen LogP) is 2.99. The van der Waals surface area contributed by atoms with Crippen LogP contribution in [0.5, 0.6) is 0 Å². The first-order chi connectivity index (χ1) is 14.0. The fourth-order valence-electron chi connectivity index (χ4n) is 4.92. The van der Waals surface area contributed by atoms with E-state index in [1.54, 1.807) is 4.90 Å². The number of hydrogen-bond donors (Lipinski definition) is 2. The fourth-order valence-corrected chi connectivity index (χ4v) is 4.92. The number of carboxylic acids is 1. The zero-order valence-electron chi connectivity index (χ0n) is 17.1. The van der Waals surface area contributed by atoms with Crippen LogP contribution in [0.4, 0.5) is 10.5 Å². The summed E-state index contributed by atoms with van der Waals surface area (Å²) >= 11 is 0. The first-order valence-electron chi connectivity index (χ1n) is 10.7. The van der Waals surface area contributed by atoms with Crippen LogP contribution in [0.3, 0.4) is 0 Å². The molecule has 3 amide bonds. The minimum absolute atomic E-state index is 0. The first-order valence-corrected chi connectivity index (χ1v) is 10.7.